The third-order valence-electron chi connectivity index (χ3n) is 2.11. The number of rotatable bonds is 5. The highest BCUT2D eigenvalue weighted by molar-refractivity contribution is 7.92. The maximum absolute atomic E-state index is 11.7. The number of ether oxygens (including phenoxy) is 1. The minimum Gasteiger partial charge on any atom is -0.465 e. The first-order valence-electron chi connectivity index (χ1n) is 5.33. The van der Waals surface area contributed by atoms with Gasteiger partial charge in [0.05, 0.1) is 18.6 Å². The van der Waals surface area contributed by atoms with Gasteiger partial charge in [-0.3, -0.25) is 9.10 Å². The topological polar surface area (TPSA) is 63.7 Å². The lowest BCUT2D eigenvalue weighted by atomic mass is 10.3. The molecule has 0 aliphatic rings. The van der Waals surface area contributed by atoms with E-state index in [-0.39, 0.29) is 22.3 Å². The predicted octanol–water partition coefficient (Wildman–Crippen LogP) is 2.32. The second-order valence-electron chi connectivity index (χ2n) is 3.70. The van der Waals surface area contributed by atoms with Gasteiger partial charge in [0.15, 0.2) is 0 Å². The van der Waals surface area contributed by atoms with E-state index in [1.54, 1.807) is 6.92 Å². The van der Waals surface area contributed by atoms with Crippen LogP contribution in [0.2, 0.25) is 10.0 Å². The van der Waals surface area contributed by atoms with E-state index < -0.39 is 22.5 Å². The van der Waals surface area contributed by atoms with Crippen LogP contribution < -0.4 is 4.31 Å². The summed E-state index contributed by atoms with van der Waals surface area (Å²) < 4.78 is 29.1. The van der Waals surface area contributed by atoms with Crippen molar-refractivity contribution in [2.24, 2.45) is 0 Å². The molecule has 1 aromatic carbocycles. The zero-order valence-corrected chi connectivity index (χ0v) is 12.7. The SMILES string of the molecule is CCOC(=O)CN(c1cc(Cl)cc(Cl)c1)S(C)(=O)=O. The number of carbonyl (C=O) groups is 1. The van der Waals surface area contributed by atoms with Crippen molar-refractivity contribution in [3.8, 4) is 0 Å². The zero-order chi connectivity index (χ0) is 14.6. The third-order valence-corrected chi connectivity index (χ3v) is 3.69. The molecule has 0 heterocycles. The Morgan fingerprint density at radius 3 is 2.21 bits per heavy atom. The molecule has 0 aromatic heterocycles. The summed E-state index contributed by atoms with van der Waals surface area (Å²) in [5, 5.41) is 0.556. The number of hydrogen-bond acceptors (Lipinski definition) is 4. The number of esters is 1. The first-order chi connectivity index (χ1) is 8.74. The number of carbonyl (C=O) groups excluding carboxylic acids is 1. The van der Waals surface area contributed by atoms with Crippen LogP contribution in [0.5, 0.6) is 0 Å². The molecule has 0 saturated carbocycles. The lowest BCUT2D eigenvalue weighted by Gasteiger charge is -2.21. The number of anilines is 1. The molecule has 0 fully saturated rings. The second-order valence-corrected chi connectivity index (χ2v) is 6.48. The summed E-state index contributed by atoms with van der Waals surface area (Å²) >= 11 is 11.6. The van der Waals surface area contributed by atoms with Crippen molar-refractivity contribution in [2.75, 3.05) is 23.7 Å². The van der Waals surface area contributed by atoms with Gasteiger partial charge in [-0.05, 0) is 25.1 Å². The molecule has 1 aromatic rings. The normalized spacial score (nSPS) is 11.2. The molecule has 0 saturated heterocycles. The van der Waals surface area contributed by atoms with Crippen LogP contribution in [0, 0.1) is 0 Å². The zero-order valence-electron chi connectivity index (χ0n) is 10.4. The Bertz CT molecular complexity index is 554. The fraction of sp³-hybridized carbons (Fsp3) is 0.364. The van der Waals surface area contributed by atoms with Crippen molar-refractivity contribution >= 4 is 44.9 Å². The molecule has 0 aliphatic heterocycles. The largest absolute Gasteiger partial charge is 0.465 e. The maximum atomic E-state index is 11.7. The molecule has 0 atom stereocenters. The van der Waals surface area contributed by atoms with Crippen LogP contribution in [0.25, 0.3) is 0 Å². The van der Waals surface area contributed by atoms with E-state index in [2.05, 4.69) is 0 Å². The summed E-state index contributed by atoms with van der Waals surface area (Å²) in [6, 6.07) is 4.29. The maximum Gasteiger partial charge on any atom is 0.326 e. The van der Waals surface area contributed by atoms with Crippen molar-refractivity contribution in [1.29, 1.82) is 0 Å². The lowest BCUT2D eigenvalue weighted by Crippen LogP contribution is -2.35. The van der Waals surface area contributed by atoms with E-state index in [9.17, 15) is 13.2 Å². The van der Waals surface area contributed by atoms with Gasteiger partial charge in [0.1, 0.15) is 6.54 Å². The quantitative estimate of drug-likeness (QED) is 0.779. The highest BCUT2D eigenvalue weighted by atomic mass is 35.5. The summed E-state index contributed by atoms with van der Waals surface area (Å²) in [6.07, 6.45) is 0.987. The van der Waals surface area contributed by atoms with Gasteiger partial charge in [-0.2, -0.15) is 0 Å². The van der Waals surface area contributed by atoms with E-state index in [1.165, 1.54) is 18.2 Å². The molecule has 5 nitrogen and oxygen atoms in total. The van der Waals surface area contributed by atoms with Gasteiger partial charge in [-0.25, -0.2) is 8.42 Å². The highest BCUT2D eigenvalue weighted by Gasteiger charge is 2.22. The van der Waals surface area contributed by atoms with E-state index in [0.717, 1.165) is 10.6 Å². The van der Waals surface area contributed by atoms with Crippen molar-refractivity contribution in [3.05, 3.63) is 28.2 Å². The molecule has 0 N–H and O–H groups in total. The molecule has 0 bridgehead atoms. The van der Waals surface area contributed by atoms with Crippen LogP contribution in [-0.2, 0) is 19.6 Å². The summed E-state index contributed by atoms with van der Waals surface area (Å²) in [6.45, 7) is 1.38. The van der Waals surface area contributed by atoms with E-state index in [1.807, 2.05) is 0 Å². The summed E-state index contributed by atoms with van der Waals surface area (Å²) in [5.74, 6) is -0.649. The second kappa shape index (κ2) is 6.45. The van der Waals surface area contributed by atoms with Crippen molar-refractivity contribution < 1.29 is 17.9 Å². The Labute approximate surface area is 122 Å². The standard InChI is InChI=1S/C11H13Cl2NO4S/c1-3-18-11(15)7-14(19(2,16)17)10-5-8(12)4-9(13)6-10/h4-6H,3,7H2,1-2H3. The number of nitrogens with zero attached hydrogens (tertiary/aromatic N) is 1. The fourth-order valence-corrected chi connectivity index (χ4v) is 2.75. The van der Waals surface area contributed by atoms with Crippen molar-refractivity contribution in [2.45, 2.75) is 6.92 Å². The van der Waals surface area contributed by atoms with Gasteiger partial charge in [-0.1, -0.05) is 23.2 Å². The van der Waals surface area contributed by atoms with E-state index >= 15 is 0 Å². The Hall–Kier alpha value is -0.980. The van der Waals surface area contributed by atoms with Gasteiger partial charge in [0.25, 0.3) is 0 Å². The number of hydrogen-bond donors (Lipinski definition) is 0. The molecular formula is C11H13Cl2NO4S. The molecule has 0 radical (unpaired) electrons. The first-order valence-corrected chi connectivity index (χ1v) is 7.94. The molecule has 106 valence electrons. The minimum absolute atomic E-state index is 0.173. The fourth-order valence-electron chi connectivity index (χ4n) is 1.41. The number of benzene rings is 1. The monoisotopic (exact) mass is 325 g/mol. The van der Waals surface area contributed by atoms with Crippen molar-refractivity contribution in [3.63, 3.8) is 0 Å². The van der Waals surface area contributed by atoms with Gasteiger partial charge in [-0.15, -0.1) is 0 Å². The smallest absolute Gasteiger partial charge is 0.326 e. The van der Waals surface area contributed by atoms with Gasteiger partial charge < -0.3 is 4.74 Å². The van der Waals surface area contributed by atoms with Crippen molar-refractivity contribution in [1.82, 2.24) is 0 Å². The van der Waals surface area contributed by atoms with Crippen LogP contribution in [0.4, 0.5) is 5.69 Å². The van der Waals surface area contributed by atoms with Gasteiger partial charge in [0, 0.05) is 10.0 Å². The molecule has 19 heavy (non-hydrogen) atoms. The molecule has 0 aliphatic carbocycles. The molecule has 0 unspecified atom stereocenters. The molecule has 1 rings (SSSR count). The van der Waals surface area contributed by atoms with Gasteiger partial charge >= 0.3 is 5.97 Å². The molecule has 0 spiro atoms. The van der Waals surface area contributed by atoms with E-state index in [4.69, 9.17) is 27.9 Å². The first kappa shape index (κ1) is 16.1. The highest BCUT2D eigenvalue weighted by Crippen LogP contribution is 2.26. The lowest BCUT2D eigenvalue weighted by molar-refractivity contribution is -0.141. The molecule has 0 amide bonds. The number of halogens is 2. The van der Waals surface area contributed by atoms with Crippen LogP contribution in [0.15, 0.2) is 18.2 Å². The third kappa shape index (κ3) is 4.89. The van der Waals surface area contributed by atoms with Gasteiger partial charge in [0.2, 0.25) is 10.0 Å². The van der Waals surface area contributed by atoms with Crippen LogP contribution in [-0.4, -0.2) is 33.8 Å². The molecular weight excluding hydrogens is 313 g/mol. The van der Waals surface area contributed by atoms with E-state index in [0.29, 0.717) is 0 Å². The Balaban J connectivity index is 3.14. The minimum atomic E-state index is -3.65. The number of sulfonamides is 1. The van der Waals surface area contributed by atoms with Crippen LogP contribution >= 0.6 is 23.2 Å². The van der Waals surface area contributed by atoms with Crippen LogP contribution in [0.1, 0.15) is 6.92 Å². The molecule has 8 heteroatoms. The Morgan fingerprint density at radius 2 is 1.79 bits per heavy atom. The summed E-state index contributed by atoms with van der Waals surface area (Å²) in [7, 11) is -3.65. The summed E-state index contributed by atoms with van der Waals surface area (Å²) in [5.41, 5.74) is 0.216. The average Bonchev–Trinajstić information content (AvgIpc) is 2.23. The Morgan fingerprint density at radius 1 is 1.26 bits per heavy atom. The summed E-state index contributed by atoms with van der Waals surface area (Å²) in [4.78, 5) is 11.4. The predicted molar refractivity (Wildman–Crippen MR) is 75.3 cm³/mol. The Kier molecular flexibility index (Phi) is 5.46. The van der Waals surface area contributed by atoms with Crippen LogP contribution in [0.3, 0.4) is 0 Å². The average molecular weight is 326 g/mol.